The van der Waals surface area contributed by atoms with E-state index in [-0.39, 0.29) is 22.4 Å². The molecule has 0 bridgehead atoms. The molecular weight excluding hydrogens is 425 g/mol. The monoisotopic (exact) mass is 451 g/mol. The van der Waals surface area contributed by atoms with Crippen LogP contribution in [0.15, 0.2) is 41.4 Å². The summed E-state index contributed by atoms with van der Waals surface area (Å²) in [4.78, 5) is 26.7. The maximum atomic E-state index is 13.2. The minimum atomic E-state index is -3.64. The van der Waals surface area contributed by atoms with E-state index in [1.165, 1.54) is 42.1 Å². The van der Waals surface area contributed by atoms with Gasteiger partial charge in [0.15, 0.2) is 0 Å². The smallest absolute Gasteiger partial charge is 0.319 e. The summed E-state index contributed by atoms with van der Waals surface area (Å²) in [5, 5.41) is 5.33. The summed E-state index contributed by atoms with van der Waals surface area (Å²) < 4.78 is 41.0. The molecule has 0 aliphatic carbocycles. The zero-order valence-corrected chi connectivity index (χ0v) is 18.2. The van der Waals surface area contributed by atoms with Gasteiger partial charge in [-0.2, -0.15) is 0 Å². The summed E-state index contributed by atoms with van der Waals surface area (Å²) >= 11 is 0. The van der Waals surface area contributed by atoms with Crippen molar-refractivity contribution in [1.82, 2.24) is 19.5 Å². The largest absolute Gasteiger partial charge is 0.345 e. The van der Waals surface area contributed by atoms with E-state index in [1.54, 1.807) is 18.0 Å². The number of nitrogens with zero attached hydrogens (tertiary/aromatic N) is 2. The Hall–Kier alpha value is -2.92. The van der Waals surface area contributed by atoms with Gasteiger partial charge in [-0.05, 0) is 50.1 Å². The third kappa shape index (κ3) is 5.61. The minimum absolute atomic E-state index is 0.0325. The fourth-order valence-corrected chi connectivity index (χ4v) is 4.37. The molecule has 1 unspecified atom stereocenters. The van der Waals surface area contributed by atoms with Crippen LogP contribution in [0.1, 0.15) is 23.3 Å². The lowest BCUT2D eigenvalue weighted by Crippen LogP contribution is -2.44. The molecule has 1 atom stereocenters. The van der Waals surface area contributed by atoms with Crippen molar-refractivity contribution >= 4 is 27.6 Å². The summed E-state index contributed by atoms with van der Waals surface area (Å²) in [5.41, 5.74) is 0.639. The zero-order valence-electron chi connectivity index (χ0n) is 17.4. The van der Waals surface area contributed by atoms with Crippen molar-refractivity contribution in [3.63, 3.8) is 0 Å². The van der Waals surface area contributed by atoms with Crippen LogP contribution in [0.4, 0.5) is 14.9 Å². The molecule has 1 fully saturated rings. The van der Waals surface area contributed by atoms with Gasteiger partial charge in [0.2, 0.25) is 10.0 Å². The maximum Gasteiger partial charge on any atom is 0.319 e. The van der Waals surface area contributed by atoms with Crippen LogP contribution in [-0.4, -0.2) is 56.5 Å². The van der Waals surface area contributed by atoms with Crippen LogP contribution >= 0.6 is 0 Å². The van der Waals surface area contributed by atoms with Gasteiger partial charge >= 0.3 is 6.03 Å². The fourth-order valence-electron chi connectivity index (χ4n) is 3.57. The second-order valence-corrected chi connectivity index (χ2v) is 9.37. The number of nitrogens with one attached hydrogen (secondary N) is 3. The van der Waals surface area contributed by atoms with Gasteiger partial charge in [-0.25, -0.2) is 22.3 Å². The first-order chi connectivity index (χ1) is 14.7. The standard InChI is InChI=1S/C20H26FN5O4S/c1-22-31(29,30)17-10-18(25(2)13-17)19(27)26-8-4-5-14(12-26)11-23-20(28)24-16-7-3-6-15(21)9-16/h3,6-7,9-10,13-14,22H,4-5,8,11-12H2,1-2H3,(H2,23,24,28). The summed E-state index contributed by atoms with van der Waals surface area (Å²) in [5.74, 6) is -0.642. The molecule has 31 heavy (non-hydrogen) atoms. The molecule has 1 aromatic heterocycles. The van der Waals surface area contributed by atoms with Crippen LogP contribution in [0, 0.1) is 11.7 Å². The summed E-state index contributed by atoms with van der Waals surface area (Å²) in [6.45, 7) is 1.36. The average molecular weight is 452 g/mol. The quantitative estimate of drug-likeness (QED) is 0.621. The number of carbonyl (C=O) groups is 2. The van der Waals surface area contributed by atoms with Crippen molar-refractivity contribution in [3.8, 4) is 0 Å². The van der Waals surface area contributed by atoms with Gasteiger partial charge in [0.1, 0.15) is 16.4 Å². The summed E-state index contributed by atoms with van der Waals surface area (Å²) in [6.07, 6.45) is 3.02. The van der Waals surface area contributed by atoms with Crippen molar-refractivity contribution in [3.05, 3.63) is 48.0 Å². The van der Waals surface area contributed by atoms with Crippen LogP contribution in [0.25, 0.3) is 0 Å². The molecular formula is C20H26FN5O4S. The highest BCUT2D eigenvalue weighted by Gasteiger charge is 2.27. The van der Waals surface area contributed by atoms with Crippen LogP contribution in [-0.2, 0) is 17.1 Å². The molecule has 1 aliphatic rings. The molecule has 3 N–H and O–H groups in total. The number of rotatable bonds is 6. The molecule has 0 saturated carbocycles. The Balaban J connectivity index is 1.58. The second-order valence-electron chi connectivity index (χ2n) is 7.48. The lowest BCUT2D eigenvalue weighted by atomic mass is 9.98. The lowest BCUT2D eigenvalue weighted by Gasteiger charge is -2.33. The highest BCUT2D eigenvalue weighted by Crippen LogP contribution is 2.20. The van der Waals surface area contributed by atoms with Crippen molar-refractivity contribution in [2.75, 3.05) is 32.0 Å². The van der Waals surface area contributed by atoms with Crippen LogP contribution in [0.2, 0.25) is 0 Å². The van der Waals surface area contributed by atoms with Crippen molar-refractivity contribution < 1.29 is 22.4 Å². The van der Waals surface area contributed by atoms with Crippen molar-refractivity contribution in [1.29, 1.82) is 0 Å². The topological polar surface area (TPSA) is 113 Å². The van der Waals surface area contributed by atoms with Gasteiger partial charge < -0.3 is 20.1 Å². The lowest BCUT2D eigenvalue weighted by molar-refractivity contribution is 0.0665. The molecule has 11 heteroatoms. The number of carbonyl (C=O) groups excluding carboxylic acids is 2. The van der Waals surface area contributed by atoms with E-state index in [0.29, 0.717) is 25.3 Å². The van der Waals surface area contributed by atoms with E-state index in [2.05, 4.69) is 15.4 Å². The number of hydrogen-bond donors (Lipinski definition) is 3. The maximum absolute atomic E-state index is 13.2. The number of halogens is 1. The molecule has 0 spiro atoms. The molecule has 1 saturated heterocycles. The number of amides is 3. The molecule has 1 aromatic carbocycles. The molecule has 3 amide bonds. The van der Waals surface area contributed by atoms with Gasteiger partial charge in [-0.1, -0.05) is 6.07 Å². The molecule has 9 nitrogen and oxygen atoms in total. The first kappa shape index (κ1) is 22.8. The third-order valence-electron chi connectivity index (χ3n) is 5.22. The summed E-state index contributed by atoms with van der Waals surface area (Å²) in [6, 6.07) is 6.53. The molecule has 168 valence electrons. The zero-order chi connectivity index (χ0) is 22.6. The number of urea groups is 1. The van der Waals surface area contributed by atoms with E-state index >= 15 is 0 Å². The van der Waals surface area contributed by atoms with Crippen molar-refractivity contribution in [2.45, 2.75) is 17.7 Å². The van der Waals surface area contributed by atoms with Gasteiger partial charge in [0, 0.05) is 38.6 Å². The van der Waals surface area contributed by atoms with Gasteiger partial charge in [0.05, 0.1) is 0 Å². The van der Waals surface area contributed by atoms with Gasteiger partial charge in [-0.15, -0.1) is 0 Å². The summed E-state index contributed by atoms with van der Waals surface area (Å²) in [7, 11) is -0.698. The predicted octanol–water partition coefficient (Wildman–Crippen LogP) is 1.75. The Kier molecular flexibility index (Phi) is 6.96. The Labute approximate surface area is 180 Å². The Morgan fingerprint density at radius 3 is 2.74 bits per heavy atom. The number of piperidine rings is 1. The highest BCUT2D eigenvalue weighted by atomic mass is 32.2. The van der Waals surface area contributed by atoms with E-state index < -0.39 is 21.9 Å². The van der Waals surface area contributed by atoms with Gasteiger partial charge in [-0.3, -0.25) is 4.79 Å². The number of sulfonamides is 1. The SMILES string of the molecule is CNS(=O)(=O)c1cc(C(=O)N2CCCC(CNC(=O)Nc3cccc(F)c3)C2)n(C)c1. The average Bonchev–Trinajstić information content (AvgIpc) is 3.14. The number of anilines is 1. The van der Waals surface area contributed by atoms with E-state index in [9.17, 15) is 22.4 Å². The Morgan fingerprint density at radius 2 is 2.03 bits per heavy atom. The number of benzene rings is 1. The number of aryl methyl sites for hydroxylation is 1. The van der Waals surface area contributed by atoms with Gasteiger partial charge in [0.25, 0.3) is 5.91 Å². The molecule has 0 radical (unpaired) electrons. The molecule has 1 aliphatic heterocycles. The normalized spacial score (nSPS) is 16.7. The van der Waals surface area contributed by atoms with Crippen LogP contribution in [0.3, 0.4) is 0 Å². The van der Waals surface area contributed by atoms with E-state index in [0.717, 1.165) is 12.8 Å². The van der Waals surface area contributed by atoms with Crippen LogP contribution in [0.5, 0.6) is 0 Å². The van der Waals surface area contributed by atoms with E-state index in [1.807, 2.05) is 0 Å². The van der Waals surface area contributed by atoms with Crippen LogP contribution < -0.4 is 15.4 Å². The predicted molar refractivity (Wildman–Crippen MR) is 114 cm³/mol. The molecule has 3 rings (SSSR count). The molecule has 2 heterocycles. The third-order valence-corrected chi connectivity index (χ3v) is 6.60. The van der Waals surface area contributed by atoms with E-state index in [4.69, 9.17) is 0 Å². The first-order valence-electron chi connectivity index (χ1n) is 9.89. The minimum Gasteiger partial charge on any atom is -0.345 e. The number of hydrogen-bond acceptors (Lipinski definition) is 4. The first-order valence-corrected chi connectivity index (χ1v) is 11.4. The number of aromatic nitrogens is 1. The highest BCUT2D eigenvalue weighted by molar-refractivity contribution is 7.89. The fraction of sp³-hybridized carbons (Fsp3) is 0.400. The number of likely N-dealkylation sites (tertiary alicyclic amines) is 1. The van der Waals surface area contributed by atoms with Crippen molar-refractivity contribution in [2.24, 2.45) is 13.0 Å². The second kappa shape index (κ2) is 9.48. The Bertz CT molecular complexity index is 1070. The Morgan fingerprint density at radius 1 is 1.26 bits per heavy atom. The molecule has 2 aromatic rings.